The van der Waals surface area contributed by atoms with Crippen LogP contribution in [0.25, 0.3) is 10.9 Å². The molecule has 0 unspecified atom stereocenters. The van der Waals surface area contributed by atoms with Gasteiger partial charge in [0.25, 0.3) is 29.5 Å². The van der Waals surface area contributed by atoms with E-state index in [0.29, 0.717) is 69.8 Å². The number of benzene rings is 2. The van der Waals surface area contributed by atoms with Crippen molar-refractivity contribution in [2.24, 2.45) is 26.9 Å². The number of hydrogen-bond acceptors (Lipinski definition) is 7. The summed E-state index contributed by atoms with van der Waals surface area (Å²) in [6.07, 6.45) is 5.00. The van der Waals surface area contributed by atoms with Crippen molar-refractivity contribution in [3.8, 4) is 0 Å². The predicted octanol–water partition coefficient (Wildman–Crippen LogP) is 5.95. The standard InChI is InChI=1S/C41H44Cl2N12O5.ClH/c1-52-22-28(18-33(52)39(58)46-13-10-36(44)45)49-41(60)35-20-29(23-54(35)3)50-40(59)34-19-27(21-53(34)2)48-38(57)32-17-25-16-26(6-9-31(25)51-32)47-37(56)24-4-7-30(8-5-24)55(14-11-42)15-12-43;/h4-9,16-23,51H,10-15H2,1-3H3,(H3,44,45)(H,46,58)(H,47,56)(H,48,57)(H,49,60)(H,50,59);1H. The van der Waals surface area contributed by atoms with Gasteiger partial charge in [0, 0.05) is 105 Å². The molecule has 0 aliphatic carbocycles. The van der Waals surface area contributed by atoms with Crippen molar-refractivity contribution in [3.63, 3.8) is 0 Å². The average Bonchev–Trinajstić information content (AvgIpc) is 3.99. The molecule has 0 bridgehead atoms. The van der Waals surface area contributed by atoms with E-state index in [2.05, 4.69) is 31.6 Å². The Bertz CT molecular complexity index is 2590. The number of anilines is 5. The molecule has 0 fully saturated rings. The highest BCUT2D eigenvalue weighted by atomic mass is 35.5. The van der Waals surface area contributed by atoms with Crippen LogP contribution in [0.2, 0.25) is 0 Å². The molecule has 0 aliphatic heterocycles. The van der Waals surface area contributed by atoms with Gasteiger partial charge in [-0.05, 0) is 66.7 Å². The molecule has 20 heteroatoms. The Labute approximate surface area is 366 Å². The van der Waals surface area contributed by atoms with Gasteiger partial charge in [0.15, 0.2) is 0 Å². The highest BCUT2D eigenvalue weighted by Gasteiger charge is 2.20. The van der Waals surface area contributed by atoms with Crippen LogP contribution < -0.4 is 37.2 Å². The van der Waals surface area contributed by atoms with E-state index >= 15 is 0 Å². The maximum absolute atomic E-state index is 13.3. The summed E-state index contributed by atoms with van der Waals surface area (Å²) in [6, 6.07) is 18.7. The number of carbonyl (C=O) groups is 5. The first-order chi connectivity index (χ1) is 28.7. The number of nitrogens with two attached hydrogens (primary N) is 1. The molecule has 4 heterocycles. The summed E-state index contributed by atoms with van der Waals surface area (Å²) >= 11 is 11.9. The molecule has 0 saturated heterocycles. The number of aromatic nitrogens is 4. The van der Waals surface area contributed by atoms with Crippen LogP contribution in [0.15, 0.2) is 85.3 Å². The van der Waals surface area contributed by atoms with Crippen molar-refractivity contribution >= 4 is 110 Å². The third kappa shape index (κ3) is 11.1. The number of nitrogens with one attached hydrogen (secondary N) is 7. The van der Waals surface area contributed by atoms with Crippen LogP contribution in [0.1, 0.15) is 58.7 Å². The highest BCUT2D eigenvalue weighted by molar-refractivity contribution is 6.18. The number of amidine groups is 1. The van der Waals surface area contributed by atoms with E-state index in [1.54, 1.807) is 89.8 Å². The summed E-state index contributed by atoms with van der Waals surface area (Å²) in [5.41, 5.74) is 10.2. The van der Waals surface area contributed by atoms with Crippen LogP contribution >= 0.6 is 35.6 Å². The molecule has 0 saturated carbocycles. The molecule has 0 radical (unpaired) electrons. The lowest BCUT2D eigenvalue weighted by molar-refractivity contribution is 0.0944. The summed E-state index contributed by atoms with van der Waals surface area (Å²) < 4.78 is 4.68. The van der Waals surface area contributed by atoms with Gasteiger partial charge in [0.2, 0.25) is 0 Å². The molecule has 61 heavy (non-hydrogen) atoms. The van der Waals surface area contributed by atoms with Gasteiger partial charge in [0.1, 0.15) is 22.8 Å². The second-order valence-corrected chi connectivity index (χ2v) is 14.7. The van der Waals surface area contributed by atoms with E-state index < -0.39 is 17.7 Å². The molecule has 17 nitrogen and oxygen atoms in total. The fourth-order valence-electron chi connectivity index (χ4n) is 6.50. The highest BCUT2D eigenvalue weighted by Crippen LogP contribution is 2.24. The van der Waals surface area contributed by atoms with Crippen LogP contribution in [0.3, 0.4) is 0 Å². The Kier molecular flexibility index (Phi) is 14.9. The quantitative estimate of drug-likeness (QED) is 0.0311. The molecule has 0 spiro atoms. The number of carbonyl (C=O) groups excluding carboxylic acids is 5. The van der Waals surface area contributed by atoms with Crippen LogP contribution in [0, 0.1) is 5.41 Å². The smallest absolute Gasteiger partial charge is 0.272 e. The summed E-state index contributed by atoms with van der Waals surface area (Å²) in [7, 11) is 4.98. The van der Waals surface area contributed by atoms with Gasteiger partial charge < -0.3 is 55.9 Å². The van der Waals surface area contributed by atoms with Crippen LogP contribution in [0.5, 0.6) is 0 Å². The van der Waals surface area contributed by atoms with Crippen molar-refractivity contribution in [1.82, 2.24) is 24.0 Å². The number of alkyl halides is 2. The van der Waals surface area contributed by atoms with Gasteiger partial charge in [0.05, 0.1) is 22.9 Å². The predicted molar refractivity (Wildman–Crippen MR) is 243 cm³/mol. The van der Waals surface area contributed by atoms with Crippen molar-refractivity contribution in [3.05, 3.63) is 114 Å². The number of hydrogen-bond donors (Lipinski definition) is 8. The molecule has 2 aromatic carbocycles. The molecule has 0 atom stereocenters. The lowest BCUT2D eigenvalue weighted by Gasteiger charge is -2.22. The topological polar surface area (TPSA) is 229 Å². The molecule has 320 valence electrons. The molecule has 6 rings (SSSR count). The first-order valence-corrected chi connectivity index (χ1v) is 19.7. The summed E-state index contributed by atoms with van der Waals surface area (Å²) in [5, 5.41) is 22.0. The number of aryl methyl sites for hydroxylation is 3. The Morgan fingerprint density at radius 2 is 1.15 bits per heavy atom. The van der Waals surface area contributed by atoms with E-state index in [-0.39, 0.29) is 60.1 Å². The van der Waals surface area contributed by atoms with Gasteiger partial charge in [-0.3, -0.25) is 29.4 Å². The Morgan fingerprint density at radius 1 is 0.656 bits per heavy atom. The maximum Gasteiger partial charge on any atom is 0.272 e. The first-order valence-electron chi connectivity index (χ1n) is 18.7. The van der Waals surface area contributed by atoms with E-state index in [4.69, 9.17) is 34.3 Å². The molecular formula is C41H45Cl3N12O5. The SMILES string of the molecule is Cl.Cn1cc(NC(=O)c2cc(NC(=O)c3cc(NC(=O)c4cc5cc(NC(=O)c6ccc(N(CCCl)CCCl)cc6)ccc5[nH]4)cn3C)cn2C)cc1C(=O)NCCC(=N)N. The zero-order valence-electron chi connectivity index (χ0n) is 33.4. The summed E-state index contributed by atoms with van der Waals surface area (Å²) in [6.45, 7) is 1.48. The second kappa shape index (κ2) is 20.0. The van der Waals surface area contributed by atoms with Crippen molar-refractivity contribution < 1.29 is 24.0 Å². The summed E-state index contributed by atoms with van der Waals surface area (Å²) in [4.78, 5) is 70.6. The minimum Gasteiger partial charge on any atom is -0.388 e. The van der Waals surface area contributed by atoms with E-state index in [9.17, 15) is 24.0 Å². The summed E-state index contributed by atoms with van der Waals surface area (Å²) in [5.74, 6) is -1.18. The second-order valence-electron chi connectivity index (χ2n) is 13.9. The molecule has 9 N–H and O–H groups in total. The molecule has 5 amide bonds. The molecular weight excluding hydrogens is 847 g/mol. The Morgan fingerprint density at radius 3 is 1.66 bits per heavy atom. The van der Waals surface area contributed by atoms with Crippen molar-refractivity contribution in [2.75, 3.05) is 57.6 Å². The maximum atomic E-state index is 13.3. The van der Waals surface area contributed by atoms with E-state index in [1.807, 2.05) is 17.0 Å². The number of H-pyrrole nitrogens is 1. The van der Waals surface area contributed by atoms with Gasteiger partial charge in [-0.15, -0.1) is 35.6 Å². The molecule has 4 aromatic heterocycles. The monoisotopic (exact) mass is 890 g/mol. The number of aromatic amines is 1. The number of nitrogens with zero attached hydrogens (tertiary/aromatic N) is 4. The van der Waals surface area contributed by atoms with Crippen molar-refractivity contribution in [2.45, 2.75) is 6.42 Å². The van der Waals surface area contributed by atoms with Gasteiger partial charge in [-0.25, -0.2) is 0 Å². The number of amides is 5. The van der Waals surface area contributed by atoms with Crippen LogP contribution in [-0.2, 0) is 21.1 Å². The van der Waals surface area contributed by atoms with Crippen molar-refractivity contribution in [1.29, 1.82) is 5.41 Å². The average molecular weight is 892 g/mol. The number of rotatable bonds is 17. The number of fused-ring (bicyclic) bond motifs is 1. The third-order valence-corrected chi connectivity index (χ3v) is 9.83. The fourth-order valence-corrected chi connectivity index (χ4v) is 6.91. The molecule has 0 aliphatic rings. The normalized spacial score (nSPS) is 10.8. The third-order valence-electron chi connectivity index (χ3n) is 9.49. The minimum atomic E-state index is -0.477. The Balaban J connectivity index is 0.00000704. The largest absolute Gasteiger partial charge is 0.388 e. The minimum absolute atomic E-state index is 0. The first kappa shape index (κ1) is 45.4. The van der Waals surface area contributed by atoms with E-state index in [0.717, 1.165) is 5.69 Å². The zero-order valence-corrected chi connectivity index (χ0v) is 35.7. The lowest BCUT2D eigenvalue weighted by Crippen LogP contribution is -2.28. The number of halogens is 3. The zero-order chi connectivity index (χ0) is 43.1. The van der Waals surface area contributed by atoms with E-state index in [1.165, 1.54) is 18.2 Å². The van der Waals surface area contributed by atoms with Crippen LogP contribution in [-0.4, -0.2) is 85.5 Å². The lowest BCUT2D eigenvalue weighted by atomic mass is 10.1. The van der Waals surface area contributed by atoms with Gasteiger partial charge in [-0.2, -0.15) is 0 Å². The van der Waals surface area contributed by atoms with Crippen LogP contribution in [0.4, 0.5) is 28.4 Å². The fraction of sp³-hybridized carbons (Fsp3) is 0.220. The van der Waals surface area contributed by atoms with Gasteiger partial charge in [-0.1, -0.05) is 0 Å². The molecule has 6 aromatic rings. The Hall–Kier alpha value is -6.69. The van der Waals surface area contributed by atoms with Gasteiger partial charge >= 0.3 is 0 Å².